The first kappa shape index (κ1) is 9.50. The lowest BCUT2D eigenvalue weighted by atomic mass is 9.77. The van der Waals surface area contributed by atoms with Crippen LogP contribution in [-0.4, -0.2) is 5.78 Å². The Kier molecular flexibility index (Phi) is 2.71. The standard InChI is InChI=1S/C11H18O/c1-7(2)10-5-6-11(12)9(4)8(10)3/h7,10H,5-6H2,1-4H3. The Morgan fingerprint density at radius 3 is 2.42 bits per heavy atom. The number of hydrogen-bond donors (Lipinski definition) is 0. The summed E-state index contributed by atoms with van der Waals surface area (Å²) in [6.45, 7) is 8.54. The molecule has 0 N–H and O–H groups in total. The van der Waals surface area contributed by atoms with Gasteiger partial charge in [-0.05, 0) is 37.7 Å². The molecule has 0 amide bonds. The Balaban J connectivity index is 2.90. The molecule has 0 heterocycles. The molecule has 0 aromatic heterocycles. The molecule has 0 radical (unpaired) electrons. The summed E-state index contributed by atoms with van der Waals surface area (Å²) in [5.74, 6) is 1.67. The van der Waals surface area contributed by atoms with Crippen LogP contribution in [0, 0.1) is 11.8 Å². The van der Waals surface area contributed by atoms with Crippen molar-refractivity contribution < 1.29 is 4.79 Å². The fourth-order valence-electron chi connectivity index (χ4n) is 2.02. The van der Waals surface area contributed by atoms with Gasteiger partial charge in [-0.15, -0.1) is 0 Å². The average molecular weight is 166 g/mol. The van der Waals surface area contributed by atoms with Gasteiger partial charge in [0.25, 0.3) is 0 Å². The summed E-state index contributed by atoms with van der Waals surface area (Å²) < 4.78 is 0. The van der Waals surface area contributed by atoms with Gasteiger partial charge in [-0.3, -0.25) is 4.79 Å². The molecule has 68 valence electrons. The second kappa shape index (κ2) is 3.42. The molecule has 0 aliphatic heterocycles. The Labute approximate surface area is 74.9 Å². The van der Waals surface area contributed by atoms with E-state index in [1.54, 1.807) is 0 Å². The lowest BCUT2D eigenvalue weighted by molar-refractivity contribution is -0.116. The van der Waals surface area contributed by atoms with Gasteiger partial charge in [-0.2, -0.15) is 0 Å². The fraction of sp³-hybridized carbons (Fsp3) is 0.727. The molecule has 1 aliphatic rings. The third-order valence-corrected chi connectivity index (χ3v) is 3.05. The number of allylic oxidation sites excluding steroid dienone is 2. The zero-order valence-electron chi connectivity index (χ0n) is 8.48. The largest absolute Gasteiger partial charge is 0.295 e. The first-order chi connectivity index (χ1) is 5.54. The molecular weight excluding hydrogens is 148 g/mol. The summed E-state index contributed by atoms with van der Waals surface area (Å²) in [4.78, 5) is 11.3. The van der Waals surface area contributed by atoms with E-state index in [0.717, 1.165) is 18.4 Å². The maximum Gasteiger partial charge on any atom is 0.158 e. The van der Waals surface area contributed by atoms with Crippen LogP contribution in [-0.2, 0) is 4.79 Å². The lowest BCUT2D eigenvalue weighted by Gasteiger charge is -2.27. The van der Waals surface area contributed by atoms with Crippen LogP contribution in [0.4, 0.5) is 0 Å². The Hall–Kier alpha value is -0.590. The van der Waals surface area contributed by atoms with Crippen molar-refractivity contribution in [1.82, 2.24) is 0 Å². The maximum absolute atomic E-state index is 11.3. The molecule has 1 rings (SSSR count). The minimum absolute atomic E-state index is 0.351. The molecule has 1 atom stereocenters. The number of carbonyl (C=O) groups is 1. The molecule has 0 bridgehead atoms. The zero-order chi connectivity index (χ0) is 9.30. The van der Waals surface area contributed by atoms with E-state index in [2.05, 4.69) is 20.8 Å². The van der Waals surface area contributed by atoms with Crippen LogP contribution in [0.3, 0.4) is 0 Å². The van der Waals surface area contributed by atoms with E-state index in [4.69, 9.17) is 0 Å². The van der Waals surface area contributed by atoms with Crippen LogP contribution in [0.1, 0.15) is 40.5 Å². The highest BCUT2D eigenvalue weighted by atomic mass is 16.1. The molecular formula is C11H18O. The molecule has 0 fully saturated rings. The molecule has 1 aliphatic carbocycles. The SMILES string of the molecule is CC1=C(C)C(C(C)C)CCC1=O. The van der Waals surface area contributed by atoms with Gasteiger partial charge in [0.2, 0.25) is 0 Å². The van der Waals surface area contributed by atoms with Gasteiger partial charge in [-0.1, -0.05) is 19.4 Å². The van der Waals surface area contributed by atoms with Crippen LogP contribution in [0.2, 0.25) is 0 Å². The highest BCUT2D eigenvalue weighted by molar-refractivity contribution is 5.96. The minimum atomic E-state index is 0.351. The molecule has 0 saturated heterocycles. The monoisotopic (exact) mass is 166 g/mol. The Bertz CT molecular complexity index is 223. The van der Waals surface area contributed by atoms with Crippen molar-refractivity contribution in [2.75, 3.05) is 0 Å². The maximum atomic E-state index is 11.3. The van der Waals surface area contributed by atoms with Crippen LogP contribution in [0.15, 0.2) is 11.1 Å². The van der Waals surface area contributed by atoms with Gasteiger partial charge in [0.05, 0.1) is 0 Å². The lowest BCUT2D eigenvalue weighted by Crippen LogP contribution is -2.20. The van der Waals surface area contributed by atoms with Gasteiger partial charge < -0.3 is 0 Å². The molecule has 12 heavy (non-hydrogen) atoms. The number of Topliss-reactive ketones (excluding diaryl/α,β-unsaturated/α-hetero) is 1. The highest BCUT2D eigenvalue weighted by Crippen LogP contribution is 2.32. The molecule has 1 heteroatoms. The molecule has 1 unspecified atom stereocenters. The van der Waals surface area contributed by atoms with Crippen LogP contribution in [0.25, 0.3) is 0 Å². The van der Waals surface area contributed by atoms with Gasteiger partial charge >= 0.3 is 0 Å². The van der Waals surface area contributed by atoms with Crippen molar-refractivity contribution in [2.24, 2.45) is 11.8 Å². The number of rotatable bonds is 1. The molecule has 0 spiro atoms. The topological polar surface area (TPSA) is 17.1 Å². The first-order valence-corrected chi connectivity index (χ1v) is 4.74. The van der Waals surface area contributed by atoms with Gasteiger partial charge in [0, 0.05) is 6.42 Å². The number of hydrogen-bond acceptors (Lipinski definition) is 1. The normalized spacial score (nSPS) is 25.4. The van der Waals surface area contributed by atoms with Crippen molar-refractivity contribution in [1.29, 1.82) is 0 Å². The van der Waals surface area contributed by atoms with Crippen molar-refractivity contribution in [3.05, 3.63) is 11.1 Å². The highest BCUT2D eigenvalue weighted by Gasteiger charge is 2.24. The summed E-state index contributed by atoms with van der Waals surface area (Å²) in [6, 6.07) is 0. The number of ketones is 1. The molecule has 0 aromatic rings. The molecule has 0 aromatic carbocycles. The van der Waals surface area contributed by atoms with E-state index in [9.17, 15) is 4.79 Å². The third-order valence-electron chi connectivity index (χ3n) is 3.05. The second-order valence-electron chi connectivity index (χ2n) is 4.12. The Morgan fingerprint density at radius 2 is 1.92 bits per heavy atom. The van der Waals surface area contributed by atoms with Crippen molar-refractivity contribution in [2.45, 2.75) is 40.5 Å². The van der Waals surface area contributed by atoms with Gasteiger partial charge in [0.1, 0.15) is 0 Å². The van der Waals surface area contributed by atoms with Crippen molar-refractivity contribution >= 4 is 5.78 Å². The average Bonchev–Trinajstić information content (AvgIpc) is 2.00. The predicted molar refractivity (Wildman–Crippen MR) is 50.9 cm³/mol. The molecule has 1 nitrogen and oxygen atoms in total. The van der Waals surface area contributed by atoms with Crippen molar-refractivity contribution in [3.8, 4) is 0 Å². The first-order valence-electron chi connectivity index (χ1n) is 4.74. The van der Waals surface area contributed by atoms with E-state index >= 15 is 0 Å². The van der Waals surface area contributed by atoms with E-state index in [-0.39, 0.29) is 0 Å². The fourth-order valence-corrected chi connectivity index (χ4v) is 2.02. The quantitative estimate of drug-likeness (QED) is 0.585. The second-order valence-corrected chi connectivity index (χ2v) is 4.12. The van der Waals surface area contributed by atoms with E-state index in [0.29, 0.717) is 17.6 Å². The summed E-state index contributed by atoms with van der Waals surface area (Å²) in [5.41, 5.74) is 2.33. The van der Waals surface area contributed by atoms with E-state index in [1.807, 2.05) is 6.92 Å². The van der Waals surface area contributed by atoms with Crippen LogP contribution < -0.4 is 0 Å². The number of carbonyl (C=O) groups excluding carboxylic acids is 1. The van der Waals surface area contributed by atoms with E-state index in [1.165, 1.54) is 5.57 Å². The van der Waals surface area contributed by atoms with Crippen molar-refractivity contribution in [3.63, 3.8) is 0 Å². The van der Waals surface area contributed by atoms with Crippen LogP contribution >= 0.6 is 0 Å². The van der Waals surface area contributed by atoms with Crippen LogP contribution in [0.5, 0.6) is 0 Å². The smallest absolute Gasteiger partial charge is 0.158 e. The minimum Gasteiger partial charge on any atom is -0.295 e. The van der Waals surface area contributed by atoms with Gasteiger partial charge in [0.15, 0.2) is 5.78 Å². The predicted octanol–water partition coefficient (Wildman–Crippen LogP) is 2.96. The summed E-state index contributed by atoms with van der Waals surface area (Å²) >= 11 is 0. The van der Waals surface area contributed by atoms with E-state index < -0.39 is 0 Å². The summed E-state index contributed by atoms with van der Waals surface area (Å²) in [7, 11) is 0. The molecule has 0 saturated carbocycles. The Morgan fingerprint density at radius 1 is 1.33 bits per heavy atom. The summed E-state index contributed by atoms with van der Waals surface area (Å²) in [5, 5.41) is 0. The third kappa shape index (κ3) is 1.60. The zero-order valence-corrected chi connectivity index (χ0v) is 8.48. The van der Waals surface area contributed by atoms with Gasteiger partial charge in [-0.25, -0.2) is 0 Å². The summed E-state index contributed by atoms with van der Waals surface area (Å²) in [6.07, 6.45) is 1.81.